The summed E-state index contributed by atoms with van der Waals surface area (Å²) >= 11 is 0. The van der Waals surface area contributed by atoms with E-state index in [0.29, 0.717) is 24.3 Å². The van der Waals surface area contributed by atoms with E-state index >= 15 is 0 Å². The van der Waals surface area contributed by atoms with Crippen molar-refractivity contribution in [1.82, 2.24) is 15.0 Å². The van der Waals surface area contributed by atoms with Gasteiger partial charge in [0.2, 0.25) is 5.95 Å². The molecule has 0 spiro atoms. The van der Waals surface area contributed by atoms with Gasteiger partial charge < -0.3 is 10.6 Å². The molecule has 0 aliphatic rings. The van der Waals surface area contributed by atoms with Crippen LogP contribution in [-0.2, 0) is 6.54 Å². The highest BCUT2D eigenvalue weighted by molar-refractivity contribution is 5.66. The standard InChI is InChI=1S/C23H29N5/c1-15(2)19-9-6-10-20(16(3)4)22(19)28-23-26-17(5)12-21(27-23)25-14-18-8-7-11-24-13-18/h6-13,15-16H,14H2,1-5H3,(H2,25,26,27,28). The van der Waals surface area contributed by atoms with Crippen molar-refractivity contribution in [2.75, 3.05) is 10.6 Å². The van der Waals surface area contributed by atoms with Gasteiger partial charge >= 0.3 is 0 Å². The summed E-state index contributed by atoms with van der Waals surface area (Å²) < 4.78 is 0. The molecule has 0 fully saturated rings. The average molecular weight is 376 g/mol. The summed E-state index contributed by atoms with van der Waals surface area (Å²) in [7, 11) is 0. The Kier molecular flexibility index (Phi) is 6.24. The van der Waals surface area contributed by atoms with Gasteiger partial charge in [-0.1, -0.05) is 52.0 Å². The van der Waals surface area contributed by atoms with E-state index in [2.05, 4.69) is 66.5 Å². The maximum atomic E-state index is 4.69. The van der Waals surface area contributed by atoms with Crippen molar-refractivity contribution in [1.29, 1.82) is 0 Å². The number of rotatable bonds is 7. The second kappa shape index (κ2) is 8.83. The summed E-state index contributed by atoms with van der Waals surface area (Å²) in [5.74, 6) is 2.24. The SMILES string of the molecule is Cc1cc(NCc2cccnc2)nc(Nc2c(C(C)C)cccc2C(C)C)n1. The van der Waals surface area contributed by atoms with Crippen LogP contribution in [0.25, 0.3) is 0 Å². The molecule has 3 rings (SSSR count). The molecule has 0 unspecified atom stereocenters. The van der Waals surface area contributed by atoms with Crippen LogP contribution in [0.1, 0.15) is 61.9 Å². The van der Waals surface area contributed by atoms with Crippen LogP contribution < -0.4 is 10.6 Å². The molecular weight excluding hydrogens is 346 g/mol. The molecule has 2 aromatic heterocycles. The number of aryl methyl sites for hydroxylation is 1. The zero-order chi connectivity index (χ0) is 20.1. The van der Waals surface area contributed by atoms with Crippen LogP contribution in [0.2, 0.25) is 0 Å². The van der Waals surface area contributed by atoms with E-state index in [4.69, 9.17) is 4.98 Å². The molecule has 0 radical (unpaired) electrons. The molecule has 5 nitrogen and oxygen atoms in total. The fourth-order valence-corrected chi connectivity index (χ4v) is 3.22. The minimum Gasteiger partial charge on any atom is -0.366 e. The zero-order valence-electron chi connectivity index (χ0n) is 17.3. The van der Waals surface area contributed by atoms with Gasteiger partial charge in [0.15, 0.2) is 0 Å². The monoisotopic (exact) mass is 375 g/mol. The molecule has 0 saturated carbocycles. The summed E-state index contributed by atoms with van der Waals surface area (Å²) in [5.41, 5.74) is 5.71. The van der Waals surface area contributed by atoms with E-state index in [-0.39, 0.29) is 0 Å². The quantitative estimate of drug-likeness (QED) is 0.548. The number of pyridine rings is 1. The van der Waals surface area contributed by atoms with Crippen LogP contribution >= 0.6 is 0 Å². The zero-order valence-corrected chi connectivity index (χ0v) is 17.3. The molecule has 0 aliphatic heterocycles. The number of para-hydroxylation sites is 1. The van der Waals surface area contributed by atoms with Crippen molar-refractivity contribution in [3.05, 3.63) is 71.2 Å². The molecule has 146 valence electrons. The van der Waals surface area contributed by atoms with Crippen LogP contribution in [0.3, 0.4) is 0 Å². The Morgan fingerprint density at radius 1 is 0.929 bits per heavy atom. The van der Waals surface area contributed by atoms with Crippen molar-refractivity contribution in [2.24, 2.45) is 0 Å². The summed E-state index contributed by atoms with van der Waals surface area (Å²) in [5, 5.41) is 6.88. The van der Waals surface area contributed by atoms with Gasteiger partial charge in [-0.2, -0.15) is 4.98 Å². The van der Waals surface area contributed by atoms with E-state index in [1.54, 1.807) is 6.20 Å². The molecule has 0 bridgehead atoms. The third-order valence-electron chi connectivity index (χ3n) is 4.66. The molecule has 2 N–H and O–H groups in total. The first-order valence-electron chi connectivity index (χ1n) is 9.82. The van der Waals surface area contributed by atoms with Crippen molar-refractivity contribution in [2.45, 2.75) is 53.0 Å². The first kappa shape index (κ1) is 19.8. The first-order chi connectivity index (χ1) is 13.4. The van der Waals surface area contributed by atoms with Crippen LogP contribution in [-0.4, -0.2) is 15.0 Å². The lowest BCUT2D eigenvalue weighted by Gasteiger charge is -2.20. The van der Waals surface area contributed by atoms with Crippen molar-refractivity contribution >= 4 is 17.5 Å². The summed E-state index contributed by atoms with van der Waals surface area (Å²) in [6.45, 7) is 11.5. The van der Waals surface area contributed by atoms with E-state index in [9.17, 15) is 0 Å². The Hall–Kier alpha value is -2.95. The molecule has 5 heteroatoms. The number of nitrogens with zero attached hydrogens (tertiary/aromatic N) is 3. The molecular formula is C23H29N5. The summed E-state index contributed by atoms with van der Waals surface area (Å²) in [4.78, 5) is 13.5. The minimum atomic E-state index is 0.411. The fourth-order valence-electron chi connectivity index (χ4n) is 3.22. The summed E-state index contributed by atoms with van der Waals surface area (Å²) in [6.07, 6.45) is 3.63. The van der Waals surface area contributed by atoms with E-state index in [0.717, 1.165) is 22.8 Å². The number of benzene rings is 1. The molecule has 0 aliphatic carbocycles. The van der Waals surface area contributed by atoms with Crippen LogP contribution in [0.15, 0.2) is 48.8 Å². The van der Waals surface area contributed by atoms with Gasteiger partial charge in [-0.05, 0) is 41.5 Å². The Bertz CT molecular complexity index is 893. The maximum absolute atomic E-state index is 4.69. The second-order valence-corrected chi connectivity index (χ2v) is 7.68. The van der Waals surface area contributed by atoms with Gasteiger partial charge in [-0.15, -0.1) is 0 Å². The van der Waals surface area contributed by atoms with Gasteiger partial charge in [-0.3, -0.25) is 4.98 Å². The highest BCUT2D eigenvalue weighted by Gasteiger charge is 2.15. The Morgan fingerprint density at radius 2 is 1.64 bits per heavy atom. The van der Waals surface area contributed by atoms with Crippen molar-refractivity contribution in [3.8, 4) is 0 Å². The Balaban J connectivity index is 1.88. The number of nitrogens with one attached hydrogen (secondary N) is 2. The van der Waals surface area contributed by atoms with E-state index < -0.39 is 0 Å². The minimum absolute atomic E-state index is 0.411. The highest BCUT2D eigenvalue weighted by atomic mass is 15.1. The van der Waals surface area contributed by atoms with Crippen LogP contribution in [0, 0.1) is 6.92 Å². The molecule has 0 saturated heterocycles. The summed E-state index contributed by atoms with van der Waals surface area (Å²) in [6, 6.07) is 12.4. The number of hydrogen-bond acceptors (Lipinski definition) is 5. The number of aromatic nitrogens is 3. The topological polar surface area (TPSA) is 62.7 Å². The average Bonchev–Trinajstić information content (AvgIpc) is 2.66. The number of hydrogen-bond donors (Lipinski definition) is 2. The molecule has 3 aromatic rings. The largest absolute Gasteiger partial charge is 0.366 e. The number of anilines is 3. The smallest absolute Gasteiger partial charge is 0.229 e. The third-order valence-corrected chi connectivity index (χ3v) is 4.66. The molecule has 1 aromatic carbocycles. The van der Waals surface area contributed by atoms with Crippen molar-refractivity contribution in [3.63, 3.8) is 0 Å². The van der Waals surface area contributed by atoms with Crippen molar-refractivity contribution < 1.29 is 0 Å². The first-order valence-corrected chi connectivity index (χ1v) is 9.82. The lowest BCUT2D eigenvalue weighted by atomic mass is 9.93. The van der Waals surface area contributed by atoms with Gasteiger partial charge in [-0.25, -0.2) is 4.98 Å². The van der Waals surface area contributed by atoms with Gasteiger partial charge in [0.25, 0.3) is 0 Å². The third kappa shape index (κ3) is 4.85. The van der Waals surface area contributed by atoms with Crippen LogP contribution in [0.5, 0.6) is 0 Å². The molecule has 2 heterocycles. The van der Waals surface area contributed by atoms with Gasteiger partial charge in [0.05, 0.1) is 0 Å². The second-order valence-electron chi connectivity index (χ2n) is 7.68. The van der Waals surface area contributed by atoms with Crippen LogP contribution in [0.4, 0.5) is 17.5 Å². The Labute approximate surface area is 167 Å². The van der Waals surface area contributed by atoms with Gasteiger partial charge in [0, 0.05) is 36.4 Å². The Morgan fingerprint density at radius 3 is 2.25 bits per heavy atom. The predicted molar refractivity (Wildman–Crippen MR) is 116 cm³/mol. The maximum Gasteiger partial charge on any atom is 0.229 e. The van der Waals surface area contributed by atoms with Gasteiger partial charge in [0.1, 0.15) is 5.82 Å². The predicted octanol–water partition coefficient (Wildman–Crippen LogP) is 5.78. The lowest BCUT2D eigenvalue weighted by Crippen LogP contribution is -2.09. The highest BCUT2D eigenvalue weighted by Crippen LogP contribution is 2.34. The molecule has 28 heavy (non-hydrogen) atoms. The molecule has 0 atom stereocenters. The lowest BCUT2D eigenvalue weighted by molar-refractivity contribution is 0.837. The van der Waals surface area contributed by atoms with E-state index in [1.165, 1.54) is 11.1 Å². The molecule has 0 amide bonds. The normalized spacial score (nSPS) is 11.1. The fraction of sp³-hybridized carbons (Fsp3) is 0.348. The van der Waals surface area contributed by atoms with E-state index in [1.807, 2.05) is 31.3 Å².